The first kappa shape index (κ1) is 16.8. The van der Waals surface area contributed by atoms with Crippen molar-refractivity contribution in [3.63, 3.8) is 0 Å². The van der Waals surface area contributed by atoms with Crippen LogP contribution in [0.1, 0.15) is 61.6 Å². The zero-order valence-electron chi connectivity index (χ0n) is 12.5. The Balaban J connectivity index is 2.20. The molecule has 1 saturated carbocycles. The molecule has 1 N–H and O–H groups in total. The molecule has 0 bridgehead atoms. The molecule has 1 aliphatic carbocycles. The Morgan fingerprint density at radius 3 is 2.55 bits per heavy atom. The maximum atomic E-state index is 13.3. The summed E-state index contributed by atoms with van der Waals surface area (Å²) in [6.07, 6.45) is 0.303. The predicted octanol–water partition coefficient (Wildman–Crippen LogP) is 4.32. The van der Waals surface area contributed by atoms with E-state index in [2.05, 4.69) is 5.48 Å². The molecule has 0 spiro atoms. The van der Waals surface area contributed by atoms with Gasteiger partial charge in [0.2, 0.25) is 5.91 Å². The number of carbonyl (C=O) groups excluding carboxylic acids is 1. The number of carbonyl (C=O) groups is 1. The molecule has 22 heavy (non-hydrogen) atoms. The Hall–Kier alpha value is -1.56. The first-order valence-corrected chi connectivity index (χ1v) is 7.46. The molecule has 0 heterocycles. The second-order valence-electron chi connectivity index (χ2n) is 5.70. The fourth-order valence-electron chi connectivity index (χ4n) is 2.93. The molecule has 0 unspecified atom stereocenters. The first-order chi connectivity index (χ1) is 10.4. The summed E-state index contributed by atoms with van der Waals surface area (Å²) in [6.45, 7) is 1.18. The summed E-state index contributed by atoms with van der Waals surface area (Å²) in [6, 6.07) is 4.33. The smallest absolute Gasteiger partial charge is 0.273 e. The van der Waals surface area contributed by atoms with Crippen molar-refractivity contribution in [3.8, 4) is 0 Å². The van der Waals surface area contributed by atoms with Crippen LogP contribution in [0.4, 0.5) is 13.2 Å². The molecule has 2 rings (SSSR count). The van der Waals surface area contributed by atoms with E-state index in [9.17, 15) is 18.0 Å². The molecular weight excluding hydrogens is 295 g/mol. The Labute approximate surface area is 127 Å². The normalized spacial score (nSPS) is 16.5. The van der Waals surface area contributed by atoms with Crippen LogP contribution in [-0.4, -0.2) is 5.91 Å². The molecule has 1 aromatic carbocycles. The molecule has 0 atom stereocenters. The van der Waals surface area contributed by atoms with Gasteiger partial charge < -0.3 is 0 Å². The van der Waals surface area contributed by atoms with E-state index < -0.39 is 17.6 Å². The van der Waals surface area contributed by atoms with Gasteiger partial charge >= 0.3 is 6.18 Å². The summed E-state index contributed by atoms with van der Waals surface area (Å²) < 4.78 is 40.0. The second-order valence-corrected chi connectivity index (χ2v) is 5.70. The molecule has 0 aliphatic heterocycles. The van der Waals surface area contributed by atoms with Crippen molar-refractivity contribution in [2.75, 3.05) is 0 Å². The van der Waals surface area contributed by atoms with Crippen LogP contribution in [0.15, 0.2) is 18.2 Å². The van der Waals surface area contributed by atoms with Gasteiger partial charge in [-0.25, -0.2) is 5.48 Å². The summed E-state index contributed by atoms with van der Waals surface area (Å²) in [5.41, 5.74) is 2.30. The Bertz CT molecular complexity index is 523. The van der Waals surface area contributed by atoms with Crippen LogP contribution in [-0.2, 0) is 22.4 Å². The van der Waals surface area contributed by atoms with Gasteiger partial charge in [0.15, 0.2) is 0 Å². The summed E-state index contributed by atoms with van der Waals surface area (Å²) in [5.74, 6) is -0.412. The minimum Gasteiger partial charge on any atom is -0.273 e. The minimum absolute atomic E-state index is 0.0179. The lowest BCUT2D eigenvalue weighted by Crippen LogP contribution is -2.20. The van der Waals surface area contributed by atoms with Crippen LogP contribution in [0.25, 0.3) is 0 Å². The Morgan fingerprint density at radius 2 is 1.95 bits per heavy atom. The molecule has 0 radical (unpaired) electrons. The van der Waals surface area contributed by atoms with Crippen molar-refractivity contribution in [1.82, 2.24) is 5.48 Å². The third-order valence-electron chi connectivity index (χ3n) is 3.92. The summed E-state index contributed by atoms with van der Waals surface area (Å²) in [4.78, 5) is 15.6. The zero-order valence-corrected chi connectivity index (χ0v) is 12.5. The van der Waals surface area contributed by atoms with Gasteiger partial charge in [-0.15, -0.1) is 0 Å². The van der Waals surface area contributed by atoms with Gasteiger partial charge in [-0.05, 0) is 36.0 Å². The lowest BCUT2D eigenvalue weighted by atomic mass is 9.81. The van der Waals surface area contributed by atoms with Crippen molar-refractivity contribution in [1.29, 1.82) is 0 Å². The number of alkyl halides is 3. The molecular formula is C16H20F3NO2. The van der Waals surface area contributed by atoms with E-state index in [-0.39, 0.29) is 12.5 Å². The van der Waals surface area contributed by atoms with E-state index in [0.717, 1.165) is 38.2 Å². The molecule has 0 aromatic heterocycles. The van der Waals surface area contributed by atoms with Gasteiger partial charge in [-0.3, -0.25) is 9.63 Å². The van der Waals surface area contributed by atoms with E-state index in [0.29, 0.717) is 11.1 Å². The number of halogens is 3. The number of hydroxylamine groups is 1. The molecule has 6 heteroatoms. The maximum Gasteiger partial charge on any atom is 0.416 e. The predicted molar refractivity (Wildman–Crippen MR) is 75.9 cm³/mol. The fourth-order valence-corrected chi connectivity index (χ4v) is 2.93. The van der Waals surface area contributed by atoms with Crippen LogP contribution in [0.5, 0.6) is 0 Å². The molecule has 1 aliphatic rings. The summed E-state index contributed by atoms with van der Waals surface area (Å²) in [5, 5.41) is 0. The third kappa shape index (κ3) is 4.47. The lowest BCUT2D eigenvalue weighted by molar-refractivity contribution is -0.139. The highest BCUT2D eigenvalue weighted by atomic mass is 19.4. The quantitative estimate of drug-likeness (QED) is 0.840. The van der Waals surface area contributed by atoms with Gasteiger partial charge in [0.1, 0.15) is 0 Å². The number of nitrogens with one attached hydrogen (secondary N) is 1. The van der Waals surface area contributed by atoms with E-state index in [1.54, 1.807) is 12.1 Å². The largest absolute Gasteiger partial charge is 0.416 e. The maximum absolute atomic E-state index is 13.3. The highest BCUT2D eigenvalue weighted by Crippen LogP contribution is 2.41. The monoisotopic (exact) mass is 315 g/mol. The van der Waals surface area contributed by atoms with Gasteiger partial charge in [0, 0.05) is 6.92 Å². The van der Waals surface area contributed by atoms with Crippen LogP contribution in [0, 0.1) is 0 Å². The SMILES string of the molecule is CC(=O)NOCc1ccc(C2CCCCC2)c(C(F)(F)F)c1. The Kier molecular flexibility index (Phi) is 5.45. The van der Waals surface area contributed by atoms with E-state index >= 15 is 0 Å². The van der Waals surface area contributed by atoms with Crippen molar-refractivity contribution < 1.29 is 22.8 Å². The summed E-state index contributed by atoms with van der Waals surface area (Å²) in [7, 11) is 0. The van der Waals surface area contributed by atoms with Gasteiger partial charge in [0.05, 0.1) is 12.2 Å². The highest BCUT2D eigenvalue weighted by Gasteiger charge is 2.35. The highest BCUT2D eigenvalue weighted by molar-refractivity contribution is 5.71. The average Bonchev–Trinajstić information content (AvgIpc) is 2.47. The van der Waals surface area contributed by atoms with E-state index in [1.807, 2.05) is 0 Å². The number of hydrogen-bond donors (Lipinski definition) is 1. The molecule has 1 amide bonds. The minimum atomic E-state index is -4.38. The van der Waals surface area contributed by atoms with E-state index in [4.69, 9.17) is 4.84 Å². The van der Waals surface area contributed by atoms with Gasteiger partial charge in [-0.2, -0.15) is 13.2 Å². The van der Waals surface area contributed by atoms with E-state index in [1.165, 1.54) is 6.92 Å². The van der Waals surface area contributed by atoms with Crippen LogP contribution >= 0.6 is 0 Å². The van der Waals surface area contributed by atoms with Crippen molar-refractivity contribution in [2.45, 2.75) is 57.7 Å². The molecule has 1 aromatic rings. The number of amides is 1. The van der Waals surface area contributed by atoms with Crippen molar-refractivity contribution in [3.05, 3.63) is 34.9 Å². The van der Waals surface area contributed by atoms with Crippen LogP contribution in [0.3, 0.4) is 0 Å². The van der Waals surface area contributed by atoms with Crippen molar-refractivity contribution in [2.24, 2.45) is 0 Å². The van der Waals surface area contributed by atoms with Gasteiger partial charge in [-0.1, -0.05) is 31.4 Å². The van der Waals surface area contributed by atoms with Crippen LogP contribution in [0.2, 0.25) is 0 Å². The molecule has 1 fully saturated rings. The molecule has 122 valence electrons. The zero-order chi connectivity index (χ0) is 16.2. The lowest BCUT2D eigenvalue weighted by Gasteiger charge is -2.25. The third-order valence-corrected chi connectivity index (χ3v) is 3.92. The topological polar surface area (TPSA) is 38.3 Å². The average molecular weight is 315 g/mol. The fraction of sp³-hybridized carbons (Fsp3) is 0.562. The Morgan fingerprint density at radius 1 is 1.27 bits per heavy atom. The standard InChI is InChI=1S/C16H20F3NO2/c1-11(21)20-22-10-12-7-8-14(13-5-3-2-4-6-13)15(9-12)16(17,18)19/h7-9,13H,2-6,10H2,1H3,(H,20,21). The number of rotatable bonds is 4. The number of benzene rings is 1. The first-order valence-electron chi connectivity index (χ1n) is 7.46. The van der Waals surface area contributed by atoms with Gasteiger partial charge in [0.25, 0.3) is 0 Å². The second kappa shape index (κ2) is 7.13. The van der Waals surface area contributed by atoms with Crippen LogP contribution < -0.4 is 5.48 Å². The van der Waals surface area contributed by atoms with Crippen molar-refractivity contribution >= 4 is 5.91 Å². The molecule has 0 saturated heterocycles. The summed E-state index contributed by atoms with van der Waals surface area (Å²) >= 11 is 0. The molecule has 3 nitrogen and oxygen atoms in total. The number of hydrogen-bond acceptors (Lipinski definition) is 2.